The summed E-state index contributed by atoms with van der Waals surface area (Å²) in [4.78, 5) is 36.8. The Kier molecular flexibility index (Phi) is 9.35. The summed E-state index contributed by atoms with van der Waals surface area (Å²) in [6.45, 7) is 2.08. The van der Waals surface area contributed by atoms with Crippen LogP contribution in [0.4, 0.5) is 23.8 Å². The van der Waals surface area contributed by atoms with Crippen molar-refractivity contribution in [1.29, 1.82) is 5.26 Å². The van der Waals surface area contributed by atoms with Crippen LogP contribution in [-0.2, 0) is 9.53 Å². The SMILES string of the molecule is CN(C(=O)OC1CCC(C(F)(F)F)CC1)C1CN(C(=O)C2CCN(c3ccc(C#N)cn3)CC2)C[C@H]1c1ccc(Cl)cc1. The second kappa shape index (κ2) is 13.0. The van der Waals surface area contributed by atoms with E-state index in [1.807, 2.05) is 23.1 Å². The number of benzene rings is 1. The molecule has 1 unspecified atom stereocenters. The van der Waals surface area contributed by atoms with Crippen LogP contribution in [-0.4, -0.2) is 78.3 Å². The Balaban J connectivity index is 1.23. The monoisotopic (exact) mass is 617 g/mol. The Morgan fingerprint density at radius 3 is 2.28 bits per heavy atom. The van der Waals surface area contributed by atoms with Gasteiger partial charge in [-0.1, -0.05) is 23.7 Å². The third-order valence-corrected chi connectivity index (χ3v) is 9.39. The van der Waals surface area contributed by atoms with Crippen molar-refractivity contribution >= 4 is 29.4 Å². The number of carbonyl (C=O) groups excluding carboxylic acids is 2. The molecule has 43 heavy (non-hydrogen) atoms. The summed E-state index contributed by atoms with van der Waals surface area (Å²) in [6.07, 6.45) is -2.26. The lowest BCUT2D eigenvalue weighted by Crippen LogP contribution is -2.45. The first-order valence-corrected chi connectivity index (χ1v) is 15.1. The molecule has 2 atom stereocenters. The summed E-state index contributed by atoms with van der Waals surface area (Å²) in [6, 6.07) is 12.6. The lowest BCUT2D eigenvalue weighted by molar-refractivity contribution is -0.186. The number of amides is 2. The minimum atomic E-state index is -4.23. The van der Waals surface area contributed by atoms with Crippen molar-refractivity contribution in [3.05, 3.63) is 58.7 Å². The second-order valence-electron chi connectivity index (χ2n) is 11.8. The highest BCUT2D eigenvalue weighted by Gasteiger charge is 2.44. The predicted molar refractivity (Wildman–Crippen MR) is 154 cm³/mol. The standard InChI is InChI=1S/C31H35ClF3N5O3/c1-38(30(42)43-25-9-5-23(6-10-25)31(33,34)35)27-19-40(18-26(27)21-3-7-24(32)8-4-21)29(41)22-12-14-39(15-13-22)28-11-2-20(16-36)17-37-28/h2-4,7-8,11,17,22-23,25-27H,5-6,9-10,12-15,18-19H2,1H3/t23?,25?,26-,27?/m0/s1. The third-order valence-electron chi connectivity index (χ3n) is 9.13. The molecule has 1 saturated carbocycles. The number of piperidine rings is 1. The van der Waals surface area contributed by atoms with Crippen molar-refractivity contribution in [2.24, 2.45) is 11.8 Å². The van der Waals surface area contributed by atoms with Gasteiger partial charge in [-0.25, -0.2) is 9.78 Å². The predicted octanol–water partition coefficient (Wildman–Crippen LogP) is 6.01. The Labute approximate surface area is 254 Å². The van der Waals surface area contributed by atoms with Crippen molar-refractivity contribution in [2.75, 3.05) is 38.1 Å². The number of ether oxygens (including phenoxy) is 1. The number of nitrogens with zero attached hydrogens (tertiary/aromatic N) is 5. The fraction of sp³-hybridized carbons (Fsp3) is 0.548. The van der Waals surface area contributed by atoms with Gasteiger partial charge in [0.15, 0.2) is 0 Å². The zero-order valence-corrected chi connectivity index (χ0v) is 24.7. The highest BCUT2D eigenvalue weighted by Crippen LogP contribution is 2.39. The molecule has 3 aliphatic rings. The van der Waals surface area contributed by atoms with Crippen LogP contribution in [0.5, 0.6) is 0 Å². The van der Waals surface area contributed by atoms with Gasteiger partial charge in [-0.2, -0.15) is 18.4 Å². The van der Waals surface area contributed by atoms with Gasteiger partial charge in [0, 0.05) is 56.3 Å². The average Bonchev–Trinajstić information content (AvgIpc) is 3.46. The Morgan fingerprint density at radius 1 is 1.02 bits per heavy atom. The molecule has 2 saturated heterocycles. The molecular weight excluding hydrogens is 583 g/mol. The lowest BCUT2D eigenvalue weighted by Gasteiger charge is -2.34. The quantitative estimate of drug-likeness (QED) is 0.408. The van der Waals surface area contributed by atoms with Gasteiger partial charge in [-0.3, -0.25) is 4.79 Å². The van der Waals surface area contributed by atoms with Gasteiger partial charge >= 0.3 is 12.3 Å². The van der Waals surface area contributed by atoms with Crippen molar-refractivity contribution in [2.45, 2.75) is 62.8 Å². The fourth-order valence-corrected chi connectivity index (χ4v) is 6.64. The van der Waals surface area contributed by atoms with Crippen LogP contribution in [0.1, 0.15) is 55.6 Å². The summed E-state index contributed by atoms with van der Waals surface area (Å²) in [7, 11) is 1.63. The van der Waals surface area contributed by atoms with Gasteiger partial charge in [0.25, 0.3) is 0 Å². The van der Waals surface area contributed by atoms with E-state index < -0.39 is 24.3 Å². The molecule has 5 rings (SSSR count). The number of likely N-dealkylation sites (tertiary alicyclic amines) is 1. The minimum Gasteiger partial charge on any atom is -0.446 e. The topological polar surface area (TPSA) is 89.8 Å². The molecule has 0 spiro atoms. The highest BCUT2D eigenvalue weighted by molar-refractivity contribution is 6.30. The van der Waals surface area contributed by atoms with Crippen molar-refractivity contribution in [1.82, 2.24) is 14.8 Å². The maximum absolute atomic E-state index is 13.7. The van der Waals surface area contributed by atoms with E-state index in [1.165, 1.54) is 4.90 Å². The summed E-state index contributed by atoms with van der Waals surface area (Å²) >= 11 is 6.12. The third kappa shape index (κ3) is 7.18. The highest BCUT2D eigenvalue weighted by atomic mass is 35.5. The molecule has 2 aromatic rings. The maximum Gasteiger partial charge on any atom is 0.410 e. The van der Waals surface area contributed by atoms with Crippen LogP contribution in [0, 0.1) is 23.2 Å². The zero-order valence-electron chi connectivity index (χ0n) is 24.0. The van der Waals surface area contributed by atoms with Gasteiger partial charge in [-0.05, 0) is 68.4 Å². The van der Waals surface area contributed by atoms with Crippen LogP contribution in [0.15, 0.2) is 42.6 Å². The Morgan fingerprint density at radius 2 is 1.70 bits per heavy atom. The first kappa shape index (κ1) is 30.9. The largest absolute Gasteiger partial charge is 0.446 e. The van der Waals surface area contributed by atoms with Crippen LogP contribution in [0.25, 0.3) is 0 Å². The van der Waals surface area contributed by atoms with E-state index in [4.69, 9.17) is 21.6 Å². The van der Waals surface area contributed by atoms with Crippen LogP contribution in [0.3, 0.4) is 0 Å². The van der Waals surface area contributed by atoms with E-state index in [2.05, 4.69) is 16.0 Å². The summed E-state index contributed by atoms with van der Waals surface area (Å²) in [5.41, 5.74) is 1.44. The van der Waals surface area contributed by atoms with E-state index >= 15 is 0 Å². The molecule has 0 N–H and O–H groups in total. The molecular formula is C31H35ClF3N5O3. The van der Waals surface area contributed by atoms with Crippen molar-refractivity contribution in [3.8, 4) is 6.07 Å². The molecule has 2 amide bonds. The van der Waals surface area contributed by atoms with E-state index in [9.17, 15) is 22.8 Å². The molecule has 3 fully saturated rings. The fourth-order valence-electron chi connectivity index (χ4n) is 6.52. The van der Waals surface area contributed by atoms with Crippen LogP contribution < -0.4 is 4.90 Å². The van der Waals surface area contributed by atoms with Gasteiger partial charge in [-0.15, -0.1) is 0 Å². The zero-order chi connectivity index (χ0) is 30.7. The summed E-state index contributed by atoms with van der Waals surface area (Å²) in [5.74, 6) is -0.874. The van der Waals surface area contributed by atoms with E-state index in [0.29, 0.717) is 49.6 Å². The van der Waals surface area contributed by atoms with Gasteiger partial charge in [0.1, 0.15) is 18.0 Å². The lowest BCUT2D eigenvalue weighted by atomic mass is 9.87. The number of nitriles is 1. The first-order valence-electron chi connectivity index (χ1n) is 14.7. The molecule has 1 aromatic carbocycles. The van der Waals surface area contributed by atoms with Gasteiger partial charge in [0.05, 0.1) is 17.5 Å². The number of halogens is 4. The molecule has 230 valence electrons. The van der Waals surface area contributed by atoms with Gasteiger partial charge in [0.2, 0.25) is 5.91 Å². The molecule has 0 bridgehead atoms. The second-order valence-corrected chi connectivity index (χ2v) is 12.2. The Hall–Kier alpha value is -3.52. The number of rotatable bonds is 5. The Bertz CT molecular complexity index is 1320. The minimum absolute atomic E-state index is 0.0427. The number of aromatic nitrogens is 1. The van der Waals surface area contributed by atoms with E-state index in [-0.39, 0.29) is 49.5 Å². The normalized spacial score (nSPS) is 24.8. The van der Waals surface area contributed by atoms with Crippen LogP contribution >= 0.6 is 11.6 Å². The number of hydrogen-bond donors (Lipinski definition) is 0. The maximum atomic E-state index is 13.7. The number of alkyl halides is 3. The number of likely N-dealkylation sites (N-methyl/N-ethyl adjacent to an activating group) is 1. The first-order chi connectivity index (χ1) is 20.5. The number of hydrogen-bond acceptors (Lipinski definition) is 6. The average molecular weight is 618 g/mol. The van der Waals surface area contributed by atoms with E-state index in [1.54, 1.807) is 31.4 Å². The number of anilines is 1. The molecule has 3 heterocycles. The summed E-state index contributed by atoms with van der Waals surface area (Å²) in [5, 5.41) is 9.60. The van der Waals surface area contributed by atoms with Crippen molar-refractivity contribution < 1.29 is 27.5 Å². The smallest absolute Gasteiger partial charge is 0.410 e. The van der Waals surface area contributed by atoms with Crippen molar-refractivity contribution in [3.63, 3.8) is 0 Å². The molecule has 1 aliphatic carbocycles. The number of pyridine rings is 1. The summed E-state index contributed by atoms with van der Waals surface area (Å²) < 4.78 is 44.9. The number of carbonyl (C=O) groups is 2. The molecule has 8 nitrogen and oxygen atoms in total. The molecule has 1 aromatic heterocycles. The molecule has 2 aliphatic heterocycles. The van der Waals surface area contributed by atoms with E-state index in [0.717, 1.165) is 11.4 Å². The van der Waals surface area contributed by atoms with Gasteiger partial charge < -0.3 is 19.4 Å². The molecule has 0 radical (unpaired) electrons. The molecule has 12 heteroatoms. The van der Waals surface area contributed by atoms with Crippen LogP contribution in [0.2, 0.25) is 5.02 Å².